The number of carbonyl (C=O) groups excluding carboxylic acids is 1. The van der Waals surface area contributed by atoms with Crippen LogP contribution in [0.3, 0.4) is 0 Å². The van der Waals surface area contributed by atoms with Gasteiger partial charge in [-0.25, -0.2) is 0 Å². The largest absolute Gasteiger partial charge is 0.497 e. The summed E-state index contributed by atoms with van der Waals surface area (Å²) in [5.74, 6) is -1.62. The van der Waals surface area contributed by atoms with E-state index in [0.29, 0.717) is 5.75 Å². The number of carboxylic acids is 1. The van der Waals surface area contributed by atoms with Gasteiger partial charge in [0.15, 0.2) is 5.78 Å². The van der Waals surface area contributed by atoms with Crippen LogP contribution in [0.4, 0.5) is 0 Å². The first-order chi connectivity index (χ1) is 7.54. The molecule has 1 rings (SSSR count). The van der Waals surface area contributed by atoms with E-state index in [0.717, 1.165) is 5.56 Å². The third-order valence-electron chi connectivity index (χ3n) is 2.39. The number of ketones is 1. The molecule has 0 aliphatic heterocycles. The highest BCUT2D eigenvalue weighted by Gasteiger charge is 2.20. The van der Waals surface area contributed by atoms with Gasteiger partial charge in [-0.3, -0.25) is 9.59 Å². The summed E-state index contributed by atoms with van der Waals surface area (Å²) in [7, 11) is 1.56. The van der Waals surface area contributed by atoms with Crippen LogP contribution in [0.1, 0.15) is 12.5 Å². The molecular weight excluding hydrogens is 208 g/mol. The first kappa shape index (κ1) is 12.2. The van der Waals surface area contributed by atoms with Crippen molar-refractivity contribution in [2.24, 2.45) is 5.92 Å². The molecule has 0 aromatic heterocycles. The molecule has 0 saturated carbocycles. The van der Waals surface area contributed by atoms with Gasteiger partial charge in [0, 0.05) is 6.42 Å². The maximum absolute atomic E-state index is 11.5. The van der Waals surface area contributed by atoms with Crippen LogP contribution in [-0.4, -0.2) is 24.0 Å². The number of aliphatic carboxylic acids is 1. The Morgan fingerprint density at radius 3 is 2.31 bits per heavy atom. The number of hydrogen-bond acceptors (Lipinski definition) is 3. The Hall–Kier alpha value is -1.84. The molecule has 1 unspecified atom stereocenters. The summed E-state index contributed by atoms with van der Waals surface area (Å²) < 4.78 is 4.98. The highest BCUT2D eigenvalue weighted by molar-refractivity contribution is 5.98. The minimum Gasteiger partial charge on any atom is -0.497 e. The number of ether oxygens (including phenoxy) is 1. The predicted molar refractivity (Wildman–Crippen MR) is 58.5 cm³/mol. The van der Waals surface area contributed by atoms with E-state index in [4.69, 9.17) is 9.84 Å². The lowest BCUT2D eigenvalue weighted by molar-refractivity contribution is -0.145. The Balaban J connectivity index is 2.66. The van der Waals surface area contributed by atoms with Gasteiger partial charge < -0.3 is 9.84 Å². The molecule has 0 amide bonds. The van der Waals surface area contributed by atoms with Crippen molar-refractivity contribution in [1.29, 1.82) is 0 Å². The zero-order chi connectivity index (χ0) is 12.1. The van der Waals surface area contributed by atoms with Gasteiger partial charge in [0.1, 0.15) is 11.7 Å². The van der Waals surface area contributed by atoms with E-state index >= 15 is 0 Å². The van der Waals surface area contributed by atoms with Crippen LogP contribution in [-0.2, 0) is 16.0 Å². The average molecular weight is 222 g/mol. The third-order valence-corrected chi connectivity index (χ3v) is 2.39. The molecule has 1 atom stereocenters. The number of benzene rings is 1. The van der Waals surface area contributed by atoms with Gasteiger partial charge in [-0.05, 0) is 24.6 Å². The molecule has 0 aliphatic rings. The smallest absolute Gasteiger partial charge is 0.313 e. The number of Topliss-reactive ketones (excluding diaryl/α,β-unsaturated/α-hetero) is 1. The first-order valence-corrected chi connectivity index (χ1v) is 4.93. The van der Waals surface area contributed by atoms with Gasteiger partial charge in [-0.1, -0.05) is 12.1 Å². The van der Waals surface area contributed by atoms with Crippen LogP contribution in [0.5, 0.6) is 5.75 Å². The highest BCUT2D eigenvalue weighted by atomic mass is 16.5. The number of rotatable bonds is 5. The molecular formula is C12H14O4. The van der Waals surface area contributed by atoms with Gasteiger partial charge in [0.2, 0.25) is 0 Å². The summed E-state index contributed by atoms with van der Waals surface area (Å²) >= 11 is 0. The van der Waals surface area contributed by atoms with E-state index in [9.17, 15) is 9.59 Å². The average Bonchev–Trinajstić information content (AvgIpc) is 2.28. The van der Waals surface area contributed by atoms with E-state index in [-0.39, 0.29) is 12.2 Å². The van der Waals surface area contributed by atoms with E-state index in [2.05, 4.69) is 0 Å². The highest BCUT2D eigenvalue weighted by Crippen LogP contribution is 2.13. The van der Waals surface area contributed by atoms with Crippen molar-refractivity contribution in [3.8, 4) is 5.75 Å². The normalized spacial score (nSPS) is 11.9. The molecule has 1 aromatic carbocycles. The SMILES string of the molecule is COc1ccc(CC(=O)C(C)C(=O)O)cc1. The Labute approximate surface area is 93.9 Å². The molecule has 0 aliphatic carbocycles. The summed E-state index contributed by atoms with van der Waals surface area (Å²) in [5, 5.41) is 8.67. The second kappa shape index (κ2) is 5.30. The van der Waals surface area contributed by atoms with Crippen LogP contribution in [0.2, 0.25) is 0 Å². The standard InChI is InChI=1S/C12H14O4/c1-8(12(14)15)11(13)7-9-3-5-10(16-2)6-4-9/h3-6,8H,7H2,1-2H3,(H,14,15). The van der Waals surface area contributed by atoms with Crippen LogP contribution in [0.15, 0.2) is 24.3 Å². The topological polar surface area (TPSA) is 63.6 Å². The van der Waals surface area contributed by atoms with Crippen LogP contribution in [0.25, 0.3) is 0 Å². The number of hydrogen-bond donors (Lipinski definition) is 1. The maximum Gasteiger partial charge on any atom is 0.313 e. The van der Waals surface area contributed by atoms with Crippen molar-refractivity contribution >= 4 is 11.8 Å². The Morgan fingerprint density at radius 2 is 1.88 bits per heavy atom. The van der Waals surface area contributed by atoms with Crippen molar-refractivity contribution in [2.75, 3.05) is 7.11 Å². The molecule has 1 aromatic rings. The van der Waals surface area contributed by atoms with E-state index in [1.165, 1.54) is 6.92 Å². The first-order valence-electron chi connectivity index (χ1n) is 4.93. The summed E-state index contributed by atoms with van der Waals surface area (Å²) in [5.41, 5.74) is 0.791. The summed E-state index contributed by atoms with van der Waals surface area (Å²) in [4.78, 5) is 22.1. The summed E-state index contributed by atoms with van der Waals surface area (Å²) in [6.07, 6.45) is 0.136. The van der Waals surface area contributed by atoms with Crippen LogP contribution in [0, 0.1) is 5.92 Å². The Bertz CT molecular complexity index is 381. The van der Waals surface area contributed by atoms with Crippen LogP contribution >= 0.6 is 0 Å². The molecule has 86 valence electrons. The van der Waals surface area contributed by atoms with Crippen molar-refractivity contribution in [1.82, 2.24) is 0 Å². The molecule has 1 N–H and O–H groups in total. The number of carbonyl (C=O) groups is 2. The van der Waals surface area contributed by atoms with Crippen molar-refractivity contribution in [3.63, 3.8) is 0 Å². The van der Waals surface area contributed by atoms with Crippen LogP contribution < -0.4 is 4.74 Å². The molecule has 0 spiro atoms. The predicted octanol–water partition coefficient (Wildman–Crippen LogP) is 1.53. The summed E-state index contributed by atoms with van der Waals surface area (Å²) in [6, 6.07) is 7.00. The Morgan fingerprint density at radius 1 is 1.31 bits per heavy atom. The fourth-order valence-electron chi connectivity index (χ4n) is 1.24. The minimum absolute atomic E-state index is 0.136. The molecule has 0 radical (unpaired) electrons. The lowest BCUT2D eigenvalue weighted by atomic mass is 10.00. The summed E-state index contributed by atoms with van der Waals surface area (Å²) in [6.45, 7) is 1.40. The zero-order valence-corrected chi connectivity index (χ0v) is 9.27. The second-order valence-corrected chi connectivity index (χ2v) is 3.55. The molecule has 16 heavy (non-hydrogen) atoms. The van der Waals surface area contributed by atoms with Crippen molar-refractivity contribution < 1.29 is 19.4 Å². The quantitative estimate of drug-likeness (QED) is 0.767. The van der Waals surface area contributed by atoms with E-state index in [1.54, 1.807) is 31.4 Å². The maximum atomic E-state index is 11.5. The van der Waals surface area contributed by atoms with Crippen molar-refractivity contribution in [3.05, 3.63) is 29.8 Å². The molecule has 0 heterocycles. The fraction of sp³-hybridized carbons (Fsp3) is 0.333. The molecule has 4 nitrogen and oxygen atoms in total. The second-order valence-electron chi connectivity index (χ2n) is 3.55. The third kappa shape index (κ3) is 3.08. The van der Waals surface area contributed by atoms with Gasteiger partial charge >= 0.3 is 5.97 Å². The van der Waals surface area contributed by atoms with E-state index < -0.39 is 11.9 Å². The monoisotopic (exact) mass is 222 g/mol. The molecule has 0 fully saturated rings. The lowest BCUT2D eigenvalue weighted by Crippen LogP contribution is -2.22. The zero-order valence-electron chi connectivity index (χ0n) is 9.27. The van der Waals surface area contributed by atoms with Gasteiger partial charge in [0.05, 0.1) is 7.11 Å². The number of methoxy groups -OCH3 is 1. The van der Waals surface area contributed by atoms with Gasteiger partial charge in [-0.2, -0.15) is 0 Å². The minimum atomic E-state index is -1.08. The Kier molecular flexibility index (Phi) is 4.05. The van der Waals surface area contributed by atoms with Gasteiger partial charge in [-0.15, -0.1) is 0 Å². The molecule has 0 bridgehead atoms. The van der Waals surface area contributed by atoms with E-state index in [1.807, 2.05) is 0 Å². The number of carboxylic acid groups (broad SMARTS) is 1. The van der Waals surface area contributed by atoms with Gasteiger partial charge in [0.25, 0.3) is 0 Å². The molecule has 4 heteroatoms. The molecule has 0 saturated heterocycles. The fourth-order valence-corrected chi connectivity index (χ4v) is 1.24. The lowest BCUT2D eigenvalue weighted by Gasteiger charge is -2.06. The van der Waals surface area contributed by atoms with Crippen molar-refractivity contribution in [2.45, 2.75) is 13.3 Å².